The molecule has 3 aliphatic carbocycles. The van der Waals surface area contributed by atoms with E-state index in [4.69, 9.17) is 0 Å². The van der Waals surface area contributed by atoms with Crippen LogP contribution < -0.4 is 0 Å². The molecule has 0 aromatic heterocycles. The van der Waals surface area contributed by atoms with Crippen LogP contribution >= 0.6 is 0 Å². The molecular formula is C23H32N2O5S. The Morgan fingerprint density at radius 2 is 1.42 bits per heavy atom. The van der Waals surface area contributed by atoms with Crippen LogP contribution in [0, 0.1) is 23.7 Å². The van der Waals surface area contributed by atoms with E-state index >= 15 is 0 Å². The lowest BCUT2D eigenvalue weighted by atomic mass is 9.58. The maximum Gasteiger partial charge on any atom is 0.307 e. The first-order valence-corrected chi connectivity index (χ1v) is 12.8. The summed E-state index contributed by atoms with van der Waals surface area (Å²) in [5, 5.41) is 9.75. The van der Waals surface area contributed by atoms with Gasteiger partial charge in [-0.3, -0.25) is 9.59 Å². The Morgan fingerprint density at radius 3 is 1.90 bits per heavy atom. The van der Waals surface area contributed by atoms with Crippen LogP contribution in [0.1, 0.15) is 51.0 Å². The molecular weight excluding hydrogens is 416 g/mol. The Morgan fingerprint density at radius 1 is 0.903 bits per heavy atom. The molecule has 0 radical (unpaired) electrons. The van der Waals surface area contributed by atoms with Crippen molar-refractivity contribution in [1.29, 1.82) is 0 Å². The highest BCUT2D eigenvalue weighted by Crippen LogP contribution is 2.49. The van der Waals surface area contributed by atoms with Gasteiger partial charge in [0.25, 0.3) is 0 Å². The Hall–Kier alpha value is -1.93. The van der Waals surface area contributed by atoms with Crippen LogP contribution in [0.2, 0.25) is 0 Å². The summed E-state index contributed by atoms with van der Waals surface area (Å²) in [6, 6.07) is 7.00. The molecule has 1 aliphatic heterocycles. The molecule has 8 heteroatoms. The van der Waals surface area contributed by atoms with Crippen molar-refractivity contribution in [3.63, 3.8) is 0 Å². The predicted octanol–water partition coefficient (Wildman–Crippen LogP) is 2.78. The standard InChI is InChI=1S/C23H32N2O5S/c1-15(2)16-7-9-19(10-8-16)31(29,30)25-13-11-24(12-14-25)22(26)20-17-3-5-18(6-4-17)21(20)23(27)28/h7-10,15,17-18,20-21H,3-6,11-14H2,1-2H3,(H,27,28)/t17?,18?,20-,21-/m1/s1. The van der Waals surface area contributed by atoms with Gasteiger partial charge in [-0.15, -0.1) is 0 Å². The van der Waals surface area contributed by atoms with Crippen molar-refractivity contribution in [2.24, 2.45) is 23.7 Å². The predicted molar refractivity (Wildman–Crippen MR) is 116 cm³/mol. The van der Waals surface area contributed by atoms with E-state index < -0.39 is 27.8 Å². The Bertz CT molecular complexity index is 927. The topological polar surface area (TPSA) is 95.0 Å². The quantitative estimate of drug-likeness (QED) is 0.747. The average molecular weight is 449 g/mol. The lowest BCUT2D eigenvalue weighted by Crippen LogP contribution is -2.56. The van der Waals surface area contributed by atoms with Gasteiger partial charge in [-0.05, 0) is 61.1 Å². The zero-order valence-corrected chi connectivity index (χ0v) is 19.1. The number of fused-ring (bicyclic) bond motifs is 3. The fourth-order valence-electron chi connectivity index (χ4n) is 5.69. The Balaban J connectivity index is 1.43. The van der Waals surface area contributed by atoms with E-state index in [0.717, 1.165) is 31.2 Å². The average Bonchev–Trinajstić information content (AvgIpc) is 2.78. The zero-order valence-electron chi connectivity index (χ0n) is 18.2. The van der Waals surface area contributed by atoms with Crippen molar-refractivity contribution in [1.82, 2.24) is 9.21 Å². The highest BCUT2D eigenvalue weighted by Gasteiger charge is 2.51. The van der Waals surface area contributed by atoms with E-state index in [-0.39, 0.29) is 35.7 Å². The number of rotatable bonds is 5. The Labute approximate surface area is 184 Å². The molecule has 4 aliphatic rings. The van der Waals surface area contributed by atoms with E-state index in [1.807, 2.05) is 12.1 Å². The van der Waals surface area contributed by atoms with Crippen LogP contribution in [-0.2, 0) is 19.6 Å². The van der Waals surface area contributed by atoms with Gasteiger partial charge in [-0.1, -0.05) is 26.0 Å². The van der Waals surface area contributed by atoms with Gasteiger partial charge in [0, 0.05) is 26.2 Å². The third-order valence-corrected chi connectivity index (χ3v) is 9.44. The monoisotopic (exact) mass is 448 g/mol. The van der Waals surface area contributed by atoms with Gasteiger partial charge < -0.3 is 10.0 Å². The number of carbonyl (C=O) groups excluding carboxylic acids is 1. The van der Waals surface area contributed by atoms with Crippen LogP contribution in [0.3, 0.4) is 0 Å². The number of aliphatic carboxylic acids is 1. The largest absolute Gasteiger partial charge is 0.481 e. The molecule has 2 bridgehead atoms. The second-order valence-electron chi connectivity index (χ2n) is 9.52. The molecule has 1 saturated heterocycles. The fraction of sp³-hybridized carbons (Fsp3) is 0.652. The molecule has 1 heterocycles. The number of hydrogen-bond acceptors (Lipinski definition) is 4. The summed E-state index contributed by atoms with van der Waals surface area (Å²) in [7, 11) is -3.61. The normalized spacial score (nSPS) is 29.3. The number of benzene rings is 1. The maximum atomic E-state index is 13.3. The summed E-state index contributed by atoms with van der Waals surface area (Å²) in [5.74, 6) is -1.46. The van der Waals surface area contributed by atoms with Gasteiger partial charge in [0.05, 0.1) is 16.7 Å². The van der Waals surface area contributed by atoms with Gasteiger partial charge in [-0.2, -0.15) is 4.31 Å². The van der Waals surface area contributed by atoms with Crippen molar-refractivity contribution in [3.05, 3.63) is 29.8 Å². The molecule has 1 aromatic carbocycles. The van der Waals surface area contributed by atoms with E-state index in [9.17, 15) is 23.1 Å². The molecule has 170 valence electrons. The molecule has 7 nitrogen and oxygen atoms in total. The summed E-state index contributed by atoms with van der Waals surface area (Å²) < 4.78 is 27.5. The Kier molecular flexibility index (Phi) is 6.14. The molecule has 1 amide bonds. The molecule has 0 spiro atoms. The first kappa shape index (κ1) is 22.3. The minimum Gasteiger partial charge on any atom is -0.481 e. The van der Waals surface area contributed by atoms with Crippen molar-refractivity contribution in [3.8, 4) is 0 Å². The number of sulfonamides is 1. The van der Waals surface area contributed by atoms with Crippen LogP contribution in [0.4, 0.5) is 0 Å². The number of nitrogens with zero attached hydrogens (tertiary/aromatic N) is 2. The van der Waals surface area contributed by atoms with E-state index in [2.05, 4.69) is 13.8 Å². The summed E-state index contributed by atoms with van der Waals surface area (Å²) in [4.78, 5) is 27.1. The molecule has 1 N–H and O–H groups in total. The minimum atomic E-state index is -3.61. The van der Waals surface area contributed by atoms with Gasteiger partial charge in [0.15, 0.2) is 0 Å². The van der Waals surface area contributed by atoms with Crippen LogP contribution in [-0.4, -0.2) is 60.8 Å². The number of hydrogen-bond donors (Lipinski definition) is 1. The highest BCUT2D eigenvalue weighted by atomic mass is 32.2. The maximum absolute atomic E-state index is 13.3. The molecule has 1 aromatic rings. The first-order chi connectivity index (χ1) is 14.7. The molecule has 31 heavy (non-hydrogen) atoms. The van der Waals surface area contributed by atoms with Crippen molar-refractivity contribution in [2.75, 3.05) is 26.2 Å². The molecule has 0 unspecified atom stereocenters. The van der Waals surface area contributed by atoms with E-state index in [1.54, 1.807) is 17.0 Å². The molecule has 5 rings (SSSR count). The number of piperazine rings is 1. The lowest BCUT2D eigenvalue weighted by Gasteiger charge is -2.48. The number of carbonyl (C=O) groups is 2. The number of amides is 1. The number of carboxylic acid groups (broad SMARTS) is 1. The van der Waals surface area contributed by atoms with Crippen molar-refractivity contribution in [2.45, 2.75) is 50.3 Å². The molecule has 3 saturated carbocycles. The summed E-state index contributed by atoms with van der Waals surface area (Å²) in [6.07, 6.45) is 3.64. The summed E-state index contributed by atoms with van der Waals surface area (Å²) in [5.41, 5.74) is 1.09. The third kappa shape index (κ3) is 4.12. The van der Waals surface area contributed by atoms with Crippen LogP contribution in [0.5, 0.6) is 0 Å². The second kappa shape index (κ2) is 8.54. The van der Waals surface area contributed by atoms with Crippen molar-refractivity contribution < 1.29 is 23.1 Å². The second-order valence-corrected chi connectivity index (χ2v) is 11.5. The van der Waals surface area contributed by atoms with Gasteiger partial charge in [0.2, 0.25) is 15.9 Å². The number of carboxylic acids is 1. The molecule has 4 fully saturated rings. The molecule has 2 atom stereocenters. The SMILES string of the molecule is CC(C)c1ccc(S(=O)(=O)N2CCN(C(=O)[C@@H]3C4CCC(CC4)[C@H]3C(=O)O)CC2)cc1. The zero-order chi connectivity index (χ0) is 22.3. The smallest absolute Gasteiger partial charge is 0.307 e. The van der Waals surface area contributed by atoms with E-state index in [0.29, 0.717) is 19.0 Å². The van der Waals surface area contributed by atoms with Gasteiger partial charge >= 0.3 is 5.97 Å². The third-order valence-electron chi connectivity index (χ3n) is 7.52. The van der Waals surface area contributed by atoms with E-state index in [1.165, 1.54) is 4.31 Å². The van der Waals surface area contributed by atoms with Crippen LogP contribution in [0.25, 0.3) is 0 Å². The lowest BCUT2D eigenvalue weighted by molar-refractivity contribution is -0.162. The summed E-state index contributed by atoms with van der Waals surface area (Å²) in [6.45, 7) is 5.21. The van der Waals surface area contributed by atoms with Gasteiger partial charge in [0.1, 0.15) is 0 Å². The van der Waals surface area contributed by atoms with Crippen LogP contribution in [0.15, 0.2) is 29.2 Å². The summed E-state index contributed by atoms with van der Waals surface area (Å²) >= 11 is 0. The van der Waals surface area contributed by atoms with Gasteiger partial charge in [-0.25, -0.2) is 8.42 Å². The fourth-order valence-corrected chi connectivity index (χ4v) is 7.12. The first-order valence-electron chi connectivity index (χ1n) is 11.3. The highest BCUT2D eigenvalue weighted by molar-refractivity contribution is 7.89. The minimum absolute atomic E-state index is 0.0897. The van der Waals surface area contributed by atoms with Crippen molar-refractivity contribution >= 4 is 21.9 Å².